The molecular weight excluding hydrogens is 608 g/mol. The molecule has 0 saturated carbocycles. The second-order valence-electron chi connectivity index (χ2n) is 10.6. The molecule has 4 atom stereocenters. The van der Waals surface area contributed by atoms with Gasteiger partial charge in [-0.25, -0.2) is 0 Å². The summed E-state index contributed by atoms with van der Waals surface area (Å²) in [6.07, 6.45) is 9.45. The van der Waals surface area contributed by atoms with Crippen LogP contribution in [0.1, 0.15) is 53.4 Å². The number of ether oxygens (including phenoxy) is 4. The van der Waals surface area contributed by atoms with Gasteiger partial charge in [0.15, 0.2) is 0 Å². The van der Waals surface area contributed by atoms with Crippen molar-refractivity contribution in [2.75, 3.05) is 79.3 Å². The molecule has 0 fully saturated rings. The van der Waals surface area contributed by atoms with Crippen molar-refractivity contribution in [3.8, 4) is 0 Å². The Morgan fingerprint density at radius 1 is 0.477 bits per heavy atom. The van der Waals surface area contributed by atoms with E-state index >= 15 is 0 Å². The molecule has 0 aliphatic heterocycles. The average molecular weight is 669 g/mol. The van der Waals surface area contributed by atoms with Gasteiger partial charge >= 0.3 is 269 Å². The Hall–Kier alpha value is -0.926. The van der Waals surface area contributed by atoms with Crippen molar-refractivity contribution >= 4 is 0 Å². The van der Waals surface area contributed by atoms with E-state index in [4.69, 9.17) is 42.3 Å². The molecule has 0 spiro atoms. The van der Waals surface area contributed by atoms with Crippen molar-refractivity contribution in [3.63, 3.8) is 0 Å². The van der Waals surface area contributed by atoms with Gasteiger partial charge in [0.2, 0.25) is 0 Å². The normalized spacial score (nSPS) is 14.9. The Morgan fingerprint density at radius 2 is 0.750 bits per heavy atom. The summed E-state index contributed by atoms with van der Waals surface area (Å²) in [6, 6.07) is 0. The van der Waals surface area contributed by atoms with Crippen LogP contribution in [0.4, 0.5) is 0 Å². The van der Waals surface area contributed by atoms with Gasteiger partial charge in [-0.15, -0.1) is 0 Å². The zero-order valence-corrected chi connectivity index (χ0v) is 29.3. The topological polar surface area (TPSA) is 109 Å². The monoisotopic (exact) mass is 668 g/mol. The first-order chi connectivity index (χ1) is 21.3. The Morgan fingerprint density at radius 3 is 1.00 bits per heavy atom. The predicted octanol–water partition coefficient (Wildman–Crippen LogP) is 6.53. The number of rotatable bonds is 34. The van der Waals surface area contributed by atoms with Gasteiger partial charge in [0.25, 0.3) is 0 Å². The third-order valence-electron chi connectivity index (χ3n) is 6.77. The molecule has 0 saturated heterocycles. The standard InChI is InChI=1S/2C8H16O3.2C8H15O2.O.Ti/c2*1-3-5-10-6-8(4-2)7-11-9;2*1-3-5-10-7-8(4-2)6-9;;/h2*3,8-9H,1,4-7H2,2H3;2*3,8H,1,4-7H2,2H3;;/q;;2*-1;;+4/p-2. The number of hydrogen-bond acceptors (Lipinski definition) is 11. The van der Waals surface area contributed by atoms with Gasteiger partial charge in [0.05, 0.1) is 0 Å². The second kappa shape index (κ2) is 27.2. The molecule has 0 aromatic rings. The van der Waals surface area contributed by atoms with E-state index in [0.29, 0.717) is 65.7 Å². The van der Waals surface area contributed by atoms with Gasteiger partial charge in [0.1, 0.15) is 0 Å². The summed E-state index contributed by atoms with van der Waals surface area (Å²) in [7, 11) is 0. The molecule has 12 heteroatoms. The second-order valence-corrected chi connectivity index (χ2v) is 14.6. The van der Waals surface area contributed by atoms with Crippen molar-refractivity contribution in [2.24, 2.45) is 23.7 Å². The molecule has 0 aromatic carbocycles. The fourth-order valence-electron chi connectivity index (χ4n) is 3.52. The summed E-state index contributed by atoms with van der Waals surface area (Å²) in [6.45, 7) is 25.7. The van der Waals surface area contributed by atoms with E-state index in [1.54, 1.807) is 24.3 Å². The van der Waals surface area contributed by atoms with Crippen LogP contribution in [0.2, 0.25) is 0 Å². The van der Waals surface area contributed by atoms with Gasteiger partial charge < -0.3 is 0 Å². The zero-order valence-electron chi connectivity index (χ0n) is 27.8. The Bertz CT molecular complexity index is 743. The van der Waals surface area contributed by atoms with E-state index < -0.39 is 16.8 Å². The Kier molecular flexibility index (Phi) is 26.6. The first kappa shape index (κ1) is 43.1. The minimum absolute atomic E-state index is 0.0515. The quantitative estimate of drug-likeness (QED) is 0.0246. The van der Waals surface area contributed by atoms with E-state index in [9.17, 15) is 3.32 Å². The van der Waals surface area contributed by atoms with Gasteiger partial charge in [0, 0.05) is 0 Å². The maximum absolute atomic E-state index is 14.9. The summed E-state index contributed by atoms with van der Waals surface area (Å²) >= 11 is -6.65. The molecule has 0 aromatic heterocycles. The molecule has 4 unspecified atom stereocenters. The Labute approximate surface area is 268 Å². The van der Waals surface area contributed by atoms with Crippen molar-refractivity contribution in [1.29, 1.82) is 0 Å². The van der Waals surface area contributed by atoms with Crippen LogP contribution in [-0.2, 0) is 62.5 Å². The van der Waals surface area contributed by atoms with Crippen molar-refractivity contribution in [3.05, 3.63) is 50.6 Å². The van der Waals surface area contributed by atoms with E-state index in [-0.39, 0.29) is 50.1 Å². The third-order valence-corrected chi connectivity index (χ3v) is 9.98. The molecule has 0 aliphatic rings. The van der Waals surface area contributed by atoms with Gasteiger partial charge in [-0.3, -0.25) is 0 Å². The Balaban J connectivity index is 6.07. The first-order valence-corrected chi connectivity index (χ1v) is 19.0. The van der Waals surface area contributed by atoms with Crippen LogP contribution in [0.25, 0.3) is 0 Å². The van der Waals surface area contributed by atoms with Crippen LogP contribution in [0, 0.1) is 23.7 Å². The van der Waals surface area contributed by atoms with Crippen molar-refractivity contribution < 1.29 is 62.5 Å². The molecule has 0 rings (SSSR count). The first-order valence-electron chi connectivity index (χ1n) is 15.8. The molecule has 0 N–H and O–H groups in total. The van der Waals surface area contributed by atoms with Crippen LogP contribution < -0.4 is 0 Å². The summed E-state index contributed by atoms with van der Waals surface area (Å²) in [5.74, 6) is -0.407. The van der Waals surface area contributed by atoms with E-state index in [2.05, 4.69) is 26.3 Å². The molecule has 0 aliphatic carbocycles. The fourth-order valence-corrected chi connectivity index (χ4v) is 6.39. The van der Waals surface area contributed by atoms with E-state index in [1.165, 1.54) is 0 Å². The molecule has 0 bridgehead atoms. The van der Waals surface area contributed by atoms with Gasteiger partial charge in [-0.1, -0.05) is 0 Å². The van der Waals surface area contributed by atoms with Crippen molar-refractivity contribution in [1.82, 2.24) is 0 Å². The minimum atomic E-state index is -6.65. The molecule has 44 heavy (non-hydrogen) atoms. The van der Waals surface area contributed by atoms with Crippen LogP contribution in [-0.4, -0.2) is 79.3 Å². The van der Waals surface area contributed by atoms with Crippen molar-refractivity contribution in [2.45, 2.75) is 53.4 Å². The van der Waals surface area contributed by atoms with Gasteiger partial charge in [-0.2, -0.15) is 0 Å². The van der Waals surface area contributed by atoms with E-state index in [1.807, 2.05) is 27.7 Å². The average Bonchev–Trinajstić information content (AvgIpc) is 3.03. The maximum atomic E-state index is 14.9. The predicted molar refractivity (Wildman–Crippen MR) is 166 cm³/mol. The summed E-state index contributed by atoms with van der Waals surface area (Å²) < 4.78 is 60.6. The van der Waals surface area contributed by atoms with E-state index in [0.717, 1.165) is 12.8 Å². The number of hydrogen-bond donors (Lipinski definition) is 0. The summed E-state index contributed by atoms with van der Waals surface area (Å²) in [5.41, 5.74) is 0. The molecular formula is C32H60O11Ti. The summed E-state index contributed by atoms with van der Waals surface area (Å²) in [5, 5.41) is 0. The van der Waals surface area contributed by atoms with Crippen LogP contribution in [0.5, 0.6) is 0 Å². The molecule has 258 valence electrons. The van der Waals surface area contributed by atoms with Crippen LogP contribution >= 0.6 is 0 Å². The zero-order chi connectivity index (χ0) is 33.0. The molecule has 0 radical (unpaired) electrons. The molecule has 11 nitrogen and oxygen atoms in total. The SMILES string of the molecule is C=CCOCC(CC)CO[O][Ti](=[O])([O]CC(CC)COCC=C)([O]CC(CC)COCC=C)[O]OCC(CC)COCC=C. The fraction of sp³-hybridized carbons (Fsp3) is 0.750. The molecule has 0 amide bonds. The third kappa shape index (κ3) is 20.2. The summed E-state index contributed by atoms with van der Waals surface area (Å²) in [4.78, 5) is 11.1. The van der Waals surface area contributed by atoms with Gasteiger partial charge in [-0.05, 0) is 0 Å². The molecule has 0 heterocycles. The van der Waals surface area contributed by atoms with Crippen LogP contribution in [0.3, 0.4) is 0 Å². The van der Waals surface area contributed by atoms with Crippen LogP contribution in [0.15, 0.2) is 50.6 Å².